The van der Waals surface area contributed by atoms with E-state index in [1.54, 1.807) is 18.4 Å². The van der Waals surface area contributed by atoms with Gasteiger partial charge in [-0.2, -0.15) is 0 Å². The van der Waals surface area contributed by atoms with Crippen LogP contribution in [0.5, 0.6) is 5.88 Å². The standard InChI is InChI=1S/C23H31BrN4O/c1-7-10-27-20(17(6)26)13-18(14-25)12-19-11-16(5)21(22(24)15(4)8-2)23(28-19)29-9-3/h7,10-11,13-14H,1,6,8-9,12,25-26H2,2-5H3/b18-14-,20-13+,22-15-,27-10?. The average molecular weight is 459 g/mol. The van der Waals surface area contributed by atoms with Crippen LogP contribution < -0.4 is 16.2 Å². The molecule has 1 rings (SSSR count). The van der Waals surface area contributed by atoms with Gasteiger partial charge in [-0.05, 0) is 56.7 Å². The molecule has 1 aromatic rings. The van der Waals surface area contributed by atoms with E-state index in [0.29, 0.717) is 30.3 Å². The van der Waals surface area contributed by atoms with Crippen molar-refractivity contribution < 1.29 is 4.74 Å². The number of allylic oxidation sites excluding steroid dienone is 4. The highest BCUT2D eigenvalue weighted by molar-refractivity contribution is 9.15. The summed E-state index contributed by atoms with van der Waals surface area (Å²) in [6.07, 6.45) is 7.90. The first kappa shape index (κ1) is 24.4. The molecule has 0 fully saturated rings. The van der Waals surface area contributed by atoms with Crippen LogP contribution in [0.25, 0.3) is 4.48 Å². The quantitative estimate of drug-likeness (QED) is 0.366. The maximum atomic E-state index is 5.85. The van der Waals surface area contributed by atoms with Gasteiger partial charge in [-0.3, -0.25) is 4.99 Å². The van der Waals surface area contributed by atoms with Crippen LogP contribution in [-0.4, -0.2) is 17.8 Å². The lowest BCUT2D eigenvalue weighted by Crippen LogP contribution is -2.05. The van der Waals surface area contributed by atoms with Crippen LogP contribution in [0.2, 0.25) is 0 Å². The van der Waals surface area contributed by atoms with Gasteiger partial charge < -0.3 is 16.2 Å². The molecular formula is C23H31BrN4O. The number of nitrogens with two attached hydrogens (primary N) is 2. The minimum atomic E-state index is 0.348. The molecule has 6 heteroatoms. The Morgan fingerprint density at radius 1 is 1.38 bits per heavy atom. The Balaban J connectivity index is 3.40. The van der Waals surface area contributed by atoms with Crippen molar-refractivity contribution in [2.75, 3.05) is 6.61 Å². The fraction of sp³-hybridized carbons (Fsp3) is 0.304. The number of aliphatic imine (C=N–C) groups is 1. The van der Waals surface area contributed by atoms with E-state index in [1.807, 2.05) is 13.0 Å². The number of aromatic nitrogens is 1. The maximum Gasteiger partial charge on any atom is 0.222 e. The van der Waals surface area contributed by atoms with Crippen molar-refractivity contribution >= 4 is 26.6 Å². The van der Waals surface area contributed by atoms with Gasteiger partial charge in [-0.15, -0.1) is 0 Å². The van der Waals surface area contributed by atoms with Gasteiger partial charge in [0.2, 0.25) is 5.88 Å². The first-order valence-corrected chi connectivity index (χ1v) is 10.3. The molecule has 29 heavy (non-hydrogen) atoms. The molecule has 0 atom stereocenters. The van der Waals surface area contributed by atoms with E-state index in [4.69, 9.17) is 21.2 Å². The van der Waals surface area contributed by atoms with Crippen molar-refractivity contribution in [1.29, 1.82) is 0 Å². The lowest BCUT2D eigenvalue weighted by Gasteiger charge is -2.16. The Labute approximate surface area is 182 Å². The minimum Gasteiger partial charge on any atom is -0.477 e. The monoisotopic (exact) mass is 458 g/mol. The third-order valence-corrected chi connectivity index (χ3v) is 5.28. The first-order valence-electron chi connectivity index (χ1n) is 9.50. The van der Waals surface area contributed by atoms with Crippen molar-refractivity contribution in [1.82, 2.24) is 4.98 Å². The van der Waals surface area contributed by atoms with E-state index in [-0.39, 0.29) is 0 Å². The largest absolute Gasteiger partial charge is 0.477 e. The van der Waals surface area contributed by atoms with Gasteiger partial charge in [-0.25, -0.2) is 4.98 Å². The molecule has 0 aliphatic heterocycles. The number of aryl methyl sites for hydroxylation is 1. The fourth-order valence-electron chi connectivity index (χ4n) is 2.57. The van der Waals surface area contributed by atoms with Crippen molar-refractivity contribution in [3.8, 4) is 5.88 Å². The van der Waals surface area contributed by atoms with Crippen LogP contribution >= 0.6 is 15.9 Å². The number of nitrogens with zero attached hydrogens (tertiary/aromatic N) is 2. The average Bonchev–Trinajstić information content (AvgIpc) is 2.68. The Hall–Kier alpha value is -2.60. The molecule has 0 aliphatic rings. The van der Waals surface area contributed by atoms with Gasteiger partial charge in [0.25, 0.3) is 0 Å². The summed E-state index contributed by atoms with van der Waals surface area (Å²) in [6.45, 7) is 16.1. The van der Waals surface area contributed by atoms with Crippen molar-refractivity contribution in [2.24, 2.45) is 16.5 Å². The Kier molecular flexibility index (Phi) is 10.2. The maximum absolute atomic E-state index is 5.85. The normalized spacial score (nSPS) is 13.4. The van der Waals surface area contributed by atoms with Gasteiger partial charge in [0, 0.05) is 22.8 Å². The third kappa shape index (κ3) is 7.06. The van der Waals surface area contributed by atoms with Crippen LogP contribution in [0.3, 0.4) is 0 Å². The SMILES string of the molecule is C=CC=N/C(=C/C(=C\N)Cc1cc(C)c(/C(Br)=C(\C)CC)c(OCC)n1)C(=C)N. The highest BCUT2D eigenvalue weighted by atomic mass is 79.9. The second-order valence-electron chi connectivity index (χ2n) is 6.48. The summed E-state index contributed by atoms with van der Waals surface area (Å²) in [5, 5.41) is 0. The number of hydrogen-bond acceptors (Lipinski definition) is 5. The topological polar surface area (TPSA) is 86.5 Å². The molecule has 0 saturated carbocycles. The Morgan fingerprint density at radius 2 is 2.07 bits per heavy atom. The molecule has 1 heterocycles. The summed E-state index contributed by atoms with van der Waals surface area (Å²) in [5.74, 6) is 0.607. The van der Waals surface area contributed by atoms with Crippen LogP contribution in [-0.2, 0) is 6.42 Å². The number of halogens is 1. The van der Waals surface area contributed by atoms with E-state index < -0.39 is 0 Å². The number of rotatable bonds is 10. The first-order chi connectivity index (χ1) is 13.8. The van der Waals surface area contributed by atoms with E-state index in [1.165, 1.54) is 11.8 Å². The Bertz CT molecular complexity index is 879. The smallest absolute Gasteiger partial charge is 0.222 e. The summed E-state index contributed by atoms with van der Waals surface area (Å²) in [5.41, 5.74) is 17.5. The predicted molar refractivity (Wildman–Crippen MR) is 128 cm³/mol. The highest BCUT2D eigenvalue weighted by Crippen LogP contribution is 2.36. The summed E-state index contributed by atoms with van der Waals surface area (Å²) in [6, 6.07) is 2.04. The van der Waals surface area contributed by atoms with Gasteiger partial charge >= 0.3 is 0 Å². The van der Waals surface area contributed by atoms with E-state index >= 15 is 0 Å². The van der Waals surface area contributed by atoms with Gasteiger partial charge in [0.1, 0.15) is 0 Å². The molecular weight excluding hydrogens is 428 g/mol. The molecule has 156 valence electrons. The second-order valence-corrected chi connectivity index (χ2v) is 7.27. The summed E-state index contributed by atoms with van der Waals surface area (Å²) < 4.78 is 6.87. The van der Waals surface area contributed by atoms with Crippen molar-refractivity contribution in [2.45, 2.75) is 40.5 Å². The Morgan fingerprint density at radius 3 is 2.59 bits per heavy atom. The van der Waals surface area contributed by atoms with Gasteiger partial charge in [-0.1, -0.05) is 47.7 Å². The van der Waals surface area contributed by atoms with Gasteiger partial charge in [0.05, 0.1) is 23.6 Å². The van der Waals surface area contributed by atoms with Crippen molar-refractivity contribution in [3.63, 3.8) is 0 Å². The molecule has 0 radical (unpaired) electrons. The van der Waals surface area contributed by atoms with Crippen molar-refractivity contribution in [3.05, 3.63) is 76.9 Å². The molecule has 0 unspecified atom stereocenters. The fourth-order valence-corrected chi connectivity index (χ4v) is 3.33. The second kappa shape index (κ2) is 12.1. The summed E-state index contributed by atoms with van der Waals surface area (Å²) >= 11 is 3.72. The molecule has 0 bridgehead atoms. The lowest BCUT2D eigenvalue weighted by atomic mass is 10.0. The zero-order valence-corrected chi connectivity index (χ0v) is 19.3. The number of ether oxygens (including phenoxy) is 1. The molecule has 0 spiro atoms. The number of pyridine rings is 1. The van der Waals surface area contributed by atoms with Crippen LogP contribution in [0.15, 0.2) is 65.1 Å². The zero-order valence-electron chi connectivity index (χ0n) is 17.8. The lowest BCUT2D eigenvalue weighted by molar-refractivity contribution is 0.325. The predicted octanol–water partition coefficient (Wildman–Crippen LogP) is 5.32. The van der Waals surface area contributed by atoms with Crippen LogP contribution in [0.1, 0.15) is 44.0 Å². The molecule has 0 aromatic carbocycles. The number of hydrogen-bond donors (Lipinski definition) is 2. The third-order valence-electron chi connectivity index (χ3n) is 4.21. The molecule has 0 saturated heterocycles. The zero-order chi connectivity index (χ0) is 22.0. The van der Waals surface area contributed by atoms with E-state index in [0.717, 1.165) is 33.3 Å². The summed E-state index contributed by atoms with van der Waals surface area (Å²) in [7, 11) is 0. The minimum absolute atomic E-state index is 0.348. The van der Waals surface area contributed by atoms with Gasteiger partial charge in [0.15, 0.2) is 0 Å². The molecule has 5 nitrogen and oxygen atoms in total. The molecule has 4 N–H and O–H groups in total. The molecule has 0 aliphatic carbocycles. The molecule has 0 amide bonds. The molecule has 1 aromatic heterocycles. The van der Waals surface area contributed by atoms with E-state index in [2.05, 4.69) is 54.9 Å². The van der Waals surface area contributed by atoms with Crippen LogP contribution in [0.4, 0.5) is 0 Å². The highest BCUT2D eigenvalue weighted by Gasteiger charge is 2.16. The summed E-state index contributed by atoms with van der Waals surface area (Å²) in [4.78, 5) is 8.98. The van der Waals surface area contributed by atoms with E-state index in [9.17, 15) is 0 Å². The van der Waals surface area contributed by atoms with Crippen LogP contribution in [0, 0.1) is 6.92 Å².